The van der Waals surface area contributed by atoms with Crippen LogP contribution in [0.4, 0.5) is 0 Å². The van der Waals surface area contributed by atoms with Crippen LogP contribution in [0.5, 0.6) is 5.75 Å². The van der Waals surface area contributed by atoms with E-state index >= 15 is 0 Å². The highest BCUT2D eigenvalue weighted by molar-refractivity contribution is 9.10. The lowest BCUT2D eigenvalue weighted by atomic mass is 10.2. The van der Waals surface area contributed by atoms with Gasteiger partial charge in [-0.2, -0.15) is 5.10 Å². The molecule has 0 atom stereocenters. The van der Waals surface area contributed by atoms with Crippen LogP contribution in [0.15, 0.2) is 21.7 Å². The number of hydrogen-bond acceptors (Lipinski definition) is 3. The molecule has 1 aromatic carbocycles. The van der Waals surface area contributed by atoms with Crippen molar-refractivity contribution in [3.63, 3.8) is 0 Å². The Bertz CT molecular complexity index is 430. The highest BCUT2D eigenvalue weighted by Gasteiger charge is 2.04. The molecule has 0 bridgehead atoms. The molecule has 1 aromatic rings. The fraction of sp³-hybridized carbons (Fsp3) is 0.200. The van der Waals surface area contributed by atoms with Crippen molar-refractivity contribution in [2.75, 3.05) is 6.54 Å². The minimum Gasteiger partial charge on any atom is -0.505 e. The smallest absolute Gasteiger partial charge is 0.186 e. The van der Waals surface area contributed by atoms with E-state index in [0.29, 0.717) is 9.59 Å². The summed E-state index contributed by atoms with van der Waals surface area (Å²) in [6, 6.07) is 3.30. The largest absolute Gasteiger partial charge is 0.505 e. The molecule has 3 N–H and O–H groups in total. The molecule has 0 spiro atoms. The molecule has 17 heavy (non-hydrogen) atoms. The zero-order valence-corrected chi connectivity index (χ0v) is 12.2. The molecule has 0 aliphatic rings. The molecule has 0 radical (unpaired) electrons. The van der Waals surface area contributed by atoms with Crippen LogP contribution in [0.1, 0.15) is 12.5 Å². The Morgan fingerprint density at radius 1 is 1.65 bits per heavy atom. The number of hydrazone groups is 1. The van der Waals surface area contributed by atoms with Gasteiger partial charge in [-0.3, -0.25) is 5.43 Å². The number of phenols is 1. The van der Waals surface area contributed by atoms with Crippen LogP contribution in [-0.4, -0.2) is 23.0 Å². The van der Waals surface area contributed by atoms with E-state index < -0.39 is 0 Å². The normalized spacial score (nSPS) is 10.5. The van der Waals surface area contributed by atoms with Crippen LogP contribution < -0.4 is 10.7 Å². The van der Waals surface area contributed by atoms with Crippen LogP contribution in [0.2, 0.25) is 5.02 Å². The quantitative estimate of drug-likeness (QED) is 0.451. The first-order valence-electron chi connectivity index (χ1n) is 4.79. The van der Waals surface area contributed by atoms with Crippen molar-refractivity contribution in [1.82, 2.24) is 10.7 Å². The monoisotopic (exact) mass is 335 g/mol. The van der Waals surface area contributed by atoms with Gasteiger partial charge < -0.3 is 10.4 Å². The Morgan fingerprint density at radius 2 is 2.35 bits per heavy atom. The van der Waals surface area contributed by atoms with Crippen molar-refractivity contribution >= 4 is 51.1 Å². The third-order valence-corrected chi connectivity index (χ3v) is 2.88. The molecule has 4 nitrogen and oxygen atoms in total. The Kier molecular flexibility index (Phi) is 5.67. The average molecular weight is 337 g/mol. The van der Waals surface area contributed by atoms with E-state index in [1.54, 1.807) is 18.3 Å². The number of benzene rings is 1. The maximum absolute atomic E-state index is 9.44. The van der Waals surface area contributed by atoms with E-state index in [1.807, 2.05) is 6.92 Å². The molecule has 1 rings (SSSR count). The number of nitrogens with zero attached hydrogens (tertiary/aromatic N) is 1. The molecular formula is C10H11BrClN3OS. The number of halogens is 2. The number of hydrogen-bond donors (Lipinski definition) is 3. The summed E-state index contributed by atoms with van der Waals surface area (Å²) in [7, 11) is 0. The molecular weight excluding hydrogens is 326 g/mol. The highest BCUT2D eigenvalue weighted by atomic mass is 79.9. The van der Waals surface area contributed by atoms with Crippen LogP contribution in [0, 0.1) is 0 Å². The third-order valence-electron chi connectivity index (χ3n) is 1.76. The SMILES string of the molecule is CCNC(=S)N/N=C/c1cc(Cl)c(O)c(Br)c1. The second-order valence-electron chi connectivity index (χ2n) is 3.06. The summed E-state index contributed by atoms with van der Waals surface area (Å²) in [5.41, 5.74) is 3.40. The molecule has 0 unspecified atom stereocenters. The van der Waals surface area contributed by atoms with Crippen LogP contribution in [-0.2, 0) is 0 Å². The zero-order valence-electron chi connectivity index (χ0n) is 9.00. The average Bonchev–Trinajstić information content (AvgIpc) is 2.26. The summed E-state index contributed by atoms with van der Waals surface area (Å²) in [6.45, 7) is 2.67. The molecule has 0 aromatic heterocycles. The van der Waals surface area contributed by atoms with Gasteiger partial charge in [0.1, 0.15) is 5.75 Å². The van der Waals surface area contributed by atoms with Crippen LogP contribution in [0.25, 0.3) is 0 Å². The van der Waals surface area contributed by atoms with Gasteiger partial charge in [-0.05, 0) is 52.8 Å². The first kappa shape index (κ1) is 14.2. The maximum Gasteiger partial charge on any atom is 0.186 e. The molecule has 0 fully saturated rings. The molecule has 0 saturated heterocycles. The van der Waals surface area contributed by atoms with Crippen LogP contribution >= 0.6 is 39.7 Å². The Balaban J connectivity index is 2.69. The molecule has 0 aliphatic carbocycles. The standard InChI is InChI=1S/C10H11BrClN3OS/c1-2-13-10(17)15-14-5-6-3-7(11)9(16)8(12)4-6/h3-5,16H,2H2,1H3,(H2,13,15,17)/b14-5+. The summed E-state index contributed by atoms with van der Waals surface area (Å²) >= 11 is 13.9. The molecule has 7 heteroatoms. The summed E-state index contributed by atoms with van der Waals surface area (Å²) < 4.78 is 0.515. The maximum atomic E-state index is 9.44. The van der Waals surface area contributed by atoms with Gasteiger partial charge in [0.2, 0.25) is 0 Å². The van der Waals surface area contributed by atoms with Gasteiger partial charge in [0.15, 0.2) is 5.11 Å². The van der Waals surface area contributed by atoms with Gasteiger partial charge in [0.05, 0.1) is 15.7 Å². The van der Waals surface area contributed by atoms with Crippen molar-refractivity contribution in [2.24, 2.45) is 5.10 Å². The third kappa shape index (κ3) is 4.49. The first-order valence-corrected chi connectivity index (χ1v) is 6.37. The lowest BCUT2D eigenvalue weighted by molar-refractivity contribution is 0.472. The number of nitrogens with one attached hydrogen (secondary N) is 2. The minimum atomic E-state index is 0.0138. The number of phenolic OH excluding ortho intramolecular Hbond substituents is 1. The number of thiocarbonyl (C=S) groups is 1. The fourth-order valence-corrected chi connectivity index (χ4v) is 2.04. The van der Waals surface area contributed by atoms with Gasteiger partial charge in [0, 0.05) is 6.54 Å². The summed E-state index contributed by atoms with van der Waals surface area (Å²) in [6.07, 6.45) is 1.56. The molecule has 0 aliphatic heterocycles. The fourth-order valence-electron chi connectivity index (χ4n) is 1.03. The predicted octanol–water partition coefficient (Wildman–Crippen LogP) is 2.63. The van der Waals surface area contributed by atoms with Gasteiger partial charge in [-0.15, -0.1) is 0 Å². The topological polar surface area (TPSA) is 56.7 Å². The molecule has 0 saturated carbocycles. The molecule has 0 amide bonds. The van der Waals surface area contributed by atoms with Gasteiger partial charge in [0.25, 0.3) is 0 Å². The molecule has 92 valence electrons. The predicted molar refractivity (Wildman–Crippen MR) is 77.8 cm³/mol. The van der Waals surface area contributed by atoms with Crippen molar-refractivity contribution in [3.05, 3.63) is 27.2 Å². The Hall–Kier alpha value is -0.850. The van der Waals surface area contributed by atoms with Gasteiger partial charge >= 0.3 is 0 Å². The Morgan fingerprint density at radius 3 is 2.94 bits per heavy atom. The minimum absolute atomic E-state index is 0.0138. The second kappa shape index (κ2) is 6.78. The first-order chi connectivity index (χ1) is 8.04. The second-order valence-corrected chi connectivity index (χ2v) is 4.73. The van der Waals surface area contributed by atoms with E-state index in [1.165, 1.54) is 0 Å². The van der Waals surface area contributed by atoms with Crippen molar-refractivity contribution in [2.45, 2.75) is 6.92 Å². The van der Waals surface area contributed by atoms with E-state index in [-0.39, 0.29) is 10.8 Å². The summed E-state index contributed by atoms with van der Waals surface area (Å²) in [4.78, 5) is 0. The number of rotatable bonds is 3. The zero-order chi connectivity index (χ0) is 12.8. The van der Waals surface area contributed by atoms with Crippen molar-refractivity contribution in [3.8, 4) is 5.75 Å². The summed E-state index contributed by atoms with van der Waals surface area (Å²) in [5, 5.41) is 17.0. The Labute approximate surface area is 118 Å². The van der Waals surface area contributed by atoms with E-state index in [0.717, 1.165) is 12.1 Å². The van der Waals surface area contributed by atoms with Crippen molar-refractivity contribution in [1.29, 1.82) is 0 Å². The van der Waals surface area contributed by atoms with Crippen LogP contribution in [0.3, 0.4) is 0 Å². The van der Waals surface area contributed by atoms with Gasteiger partial charge in [-0.25, -0.2) is 0 Å². The van der Waals surface area contributed by atoms with E-state index in [4.69, 9.17) is 23.8 Å². The highest BCUT2D eigenvalue weighted by Crippen LogP contribution is 2.32. The lowest BCUT2D eigenvalue weighted by Crippen LogP contribution is -2.31. The molecule has 0 heterocycles. The lowest BCUT2D eigenvalue weighted by Gasteiger charge is -2.04. The van der Waals surface area contributed by atoms with Crippen molar-refractivity contribution < 1.29 is 5.11 Å². The number of aromatic hydroxyl groups is 1. The summed E-state index contributed by atoms with van der Waals surface area (Å²) in [5.74, 6) is 0.0138. The van der Waals surface area contributed by atoms with Gasteiger partial charge in [-0.1, -0.05) is 11.6 Å². The van der Waals surface area contributed by atoms with E-state index in [2.05, 4.69) is 31.8 Å². The van der Waals surface area contributed by atoms with E-state index in [9.17, 15) is 5.11 Å².